The number of hydrogen-bond donors (Lipinski definition) is 1. The summed E-state index contributed by atoms with van der Waals surface area (Å²) in [5.74, 6) is 0. The van der Waals surface area contributed by atoms with Crippen LogP contribution in [0, 0.1) is 11.3 Å². The molecule has 74 valence electrons. The Morgan fingerprint density at radius 3 is 2.64 bits per heavy atom. The summed E-state index contributed by atoms with van der Waals surface area (Å²) in [4.78, 5) is 0. The van der Waals surface area contributed by atoms with Crippen LogP contribution in [0.15, 0.2) is 30.3 Å². The number of nitrogens with zero attached hydrogens (tertiary/aromatic N) is 1. The molecule has 1 aromatic carbocycles. The van der Waals surface area contributed by atoms with Gasteiger partial charge in [-0.15, -0.1) is 0 Å². The Balaban J connectivity index is 2.39. The lowest BCUT2D eigenvalue weighted by molar-refractivity contribution is 0.0467. The Morgan fingerprint density at radius 1 is 1.43 bits per heavy atom. The summed E-state index contributed by atoms with van der Waals surface area (Å²) >= 11 is 0. The first kappa shape index (κ1) is 10.7. The first-order chi connectivity index (χ1) is 6.74. The third-order valence-electron chi connectivity index (χ3n) is 2.01. The normalized spacial score (nSPS) is 14.4. The fourth-order valence-corrected chi connectivity index (χ4v) is 1.01. The van der Waals surface area contributed by atoms with Crippen LogP contribution in [0.5, 0.6) is 0 Å². The molecular weight excluding hydrogens is 176 g/mol. The van der Waals surface area contributed by atoms with Crippen LogP contribution in [0.4, 0.5) is 0 Å². The first-order valence-electron chi connectivity index (χ1n) is 4.54. The SMILES string of the molecule is CC(OCc1ccccc1)C(N)C#N. The molecule has 3 nitrogen and oxygen atoms in total. The Morgan fingerprint density at radius 2 is 2.07 bits per heavy atom. The summed E-state index contributed by atoms with van der Waals surface area (Å²) < 4.78 is 5.43. The van der Waals surface area contributed by atoms with Gasteiger partial charge in [-0.2, -0.15) is 5.26 Å². The molecule has 0 bridgehead atoms. The van der Waals surface area contributed by atoms with E-state index in [0.29, 0.717) is 6.61 Å². The van der Waals surface area contributed by atoms with E-state index in [2.05, 4.69) is 0 Å². The van der Waals surface area contributed by atoms with Crippen LogP contribution in [-0.2, 0) is 11.3 Å². The number of ether oxygens (including phenoxy) is 1. The van der Waals surface area contributed by atoms with E-state index in [9.17, 15) is 0 Å². The van der Waals surface area contributed by atoms with Crippen LogP contribution in [0.2, 0.25) is 0 Å². The van der Waals surface area contributed by atoms with Gasteiger partial charge >= 0.3 is 0 Å². The van der Waals surface area contributed by atoms with Gasteiger partial charge in [-0.1, -0.05) is 30.3 Å². The standard InChI is InChI=1S/C11H14N2O/c1-9(11(13)7-12)14-8-10-5-3-2-4-6-10/h2-6,9,11H,8,13H2,1H3. The zero-order chi connectivity index (χ0) is 10.4. The molecule has 0 saturated heterocycles. The fourth-order valence-electron chi connectivity index (χ4n) is 1.01. The molecule has 0 fully saturated rings. The minimum Gasteiger partial charge on any atom is -0.371 e. The van der Waals surface area contributed by atoms with Crippen molar-refractivity contribution >= 4 is 0 Å². The highest BCUT2D eigenvalue weighted by atomic mass is 16.5. The average molecular weight is 190 g/mol. The van der Waals surface area contributed by atoms with Crippen LogP contribution < -0.4 is 5.73 Å². The van der Waals surface area contributed by atoms with Crippen molar-refractivity contribution in [1.82, 2.24) is 0 Å². The molecule has 14 heavy (non-hydrogen) atoms. The van der Waals surface area contributed by atoms with Crippen molar-refractivity contribution < 1.29 is 4.74 Å². The van der Waals surface area contributed by atoms with Gasteiger partial charge in [0.25, 0.3) is 0 Å². The van der Waals surface area contributed by atoms with Crippen molar-refractivity contribution in [2.75, 3.05) is 0 Å². The van der Waals surface area contributed by atoms with E-state index >= 15 is 0 Å². The monoisotopic (exact) mass is 190 g/mol. The van der Waals surface area contributed by atoms with Crippen molar-refractivity contribution in [3.63, 3.8) is 0 Å². The molecule has 1 aromatic rings. The van der Waals surface area contributed by atoms with Crippen molar-refractivity contribution in [2.45, 2.75) is 25.7 Å². The molecule has 0 aliphatic heterocycles. The van der Waals surface area contributed by atoms with Crippen LogP contribution >= 0.6 is 0 Å². The van der Waals surface area contributed by atoms with Crippen molar-refractivity contribution in [2.24, 2.45) is 5.73 Å². The predicted octanol–water partition coefficient (Wildman–Crippen LogP) is 1.44. The molecule has 2 N–H and O–H groups in total. The van der Waals surface area contributed by atoms with Gasteiger partial charge in [0.1, 0.15) is 6.04 Å². The van der Waals surface area contributed by atoms with Gasteiger partial charge in [-0.25, -0.2) is 0 Å². The highest BCUT2D eigenvalue weighted by Crippen LogP contribution is 2.04. The van der Waals surface area contributed by atoms with E-state index in [-0.39, 0.29) is 6.10 Å². The maximum atomic E-state index is 8.55. The summed E-state index contributed by atoms with van der Waals surface area (Å²) in [5.41, 5.74) is 6.58. The van der Waals surface area contributed by atoms with Crippen LogP contribution in [0.3, 0.4) is 0 Å². The molecule has 0 aromatic heterocycles. The highest BCUT2D eigenvalue weighted by molar-refractivity contribution is 5.13. The molecule has 0 radical (unpaired) electrons. The molecule has 1 rings (SSSR count). The summed E-state index contributed by atoms with van der Waals surface area (Å²) in [6, 6.07) is 11.2. The molecule has 0 aliphatic carbocycles. The lowest BCUT2D eigenvalue weighted by Gasteiger charge is -2.14. The molecule has 0 amide bonds. The Hall–Kier alpha value is -1.37. The number of hydrogen-bond acceptors (Lipinski definition) is 3. The molecule has 2 atom stereocenters. The topological polar surface area (TPSA) is 59.0 Å². The molecule has 3 heteroatoms. The van der Waals surface area contributed by atoms with E-state index in [4.69, 9.17) is 15.7 Å². The van der Waals surface area contributed by atoms with E-state index in [0.717, 1.165) is 5.56 Å². The second kappa shape index (κ2) is 5.38. The fraction of sp³-hybridized carbons (Fsp3) is 0.364. The number of benzene rings is 1. The minimum atomic E-state index is -0.557. The first-order valence-corrected chi connectivity index (χ1v) is 4.54. The van der Waals surface area contributed by atoms with Gasteiger partial charge in [0, 0.05) is 0 Å². The maximum absolute atomic E-state index is 8.55. The quantitative estimate of drug-likeness (QED) is 0.781. The average Bonchev–Trinajstić information content (AvgIpc) is 2.26. The van der Waals surface area contributed by atoms with Crippen molar-refractivity contribution in [1.29, 1.82) is 5.26 Å². The number of nitriles is 1. The van der Waals surface area contributed by atoms with E-state index in [1.165, 1.54) is 0 Å². The summed E-state index contributed by atoms with van der Waals surface area (Å²) in [7, 11) is 0. The minimum absolute atomic E-state index is 0.236. The second-order valence-corrected chi connectivity index (χ2v) is 3.16. The lowest BCUT2D eigenvalue weighted by atomic mass is 10.2. The van der Waals surface area contributed by atoms with Gasteiger partial charge in [0.05, 0.1) is 18.8 Å². The second-order valence-electron chi connectivity index (χ2n) is 3.16. The van der Waals surface area contributed by atoms with Crippen LogP contribution in [0.25, 0.3) is 0 Å². The third-order valence-corrected chi connectivity index (χ3v) is 2.01. The molecule has 0 saturated carbocycles. The van der Waals surface area contributed by atoms with Gasteiger partial charge in [-0.3, -0.25) is 0 Å². The van der Waals surface area contributed by atoms with E-state index in [1.54, 1.807) is 6.92 Å². The lowest BCUT2D eigenvalue weighted by Crippen LogP contribution is -2.32. The third kappa shape index (κ3) is 3.17. The van der Waals surface area contributed by atoms with Crippen LogP contribution in [0.1, 0.15) is 12.5 Å². The van der Waals surface area contributed by atoms with Crippen LogP contribution in [-0.4, -0.2) is 12.1 Å². The van der Waals surface area contributed by atoms with E-state index < -0.39 is 6.04 Å². The summed E-state index contributed by atoms with van der Waals surface area (Å²) in [6.07, 6.45) is -0.236. The molecule has 0 heterocycles. The number of nitrogens with two attached hydrogens (primary N) is 1. The predicted molar refractivity (Wildman–Crippen MR) is 54.3 cm³/mol. The smallest absolute Gasteiger partial charge is 0.119 e. The summed E-state index contributed by atoms with van der Waals surface area (Å²) in [5, 5.41) is 8.55. The molecule has 2 unspecified atom stereocenters. The summed E-state index contributed by atoms with van der Waals surface area (Å²) in [6.45, 7) is 2.30. The van der Waals surface area contributed by atoms with E-state index in [1.807, 2.05) is 36.4 Å². The zero-order valence-corrected chi connectivity index (χ0v) is 8.18. The Labute approximate surface area is 84.1 Å². The van der Waals surface area contributed by atoms with Crippen molar-refractivity contribution in [3.05, 3.63) is 35.9 Å². The molecule has 0 spiro atoms. The van der Waals surface area contributed by atoms with Gasteiger partial charge < -0.3 is 10.5 Å². The zero-order valence-electron chi connectivity index (χ0n) is 8.18. The number of rotatable bonds is 4. The maximum Gasteiger partial charge on any atom is 0.119 e. The largest absolute Gasteiger partial charge is 0.371 e. The molecular formula is C11H14N2O. The Kier molecular flexibility index (Phi) is 4.11. The van der Waals surface area contributed by atoms with Crippen molar-refractivity contribution in [3.8, 4) is 6.07 Å². The van der Waals surface area contributed by atoms with Gasteiger partial charge in [-0.05, 0) is 12.5 Å². The van der Waals surface area contributed by atoms with Gasteiger partial charge in [0.2, 0.25) is 0 Å². The molecule has 0 aliphatic rings. The Bertz CT molecular complexity index is 305. The van der Waals surface area contributed by atoms with Gasteiger partial charge in [0.15, 0.2) is 0 Å². The highest BCUT2D eigenvalue weighted by Gasteiger charge is 2.11.